The van der Waals surface area contributed by atoms with E-state index in [1.807, 2.05) is 0 Å². The van der Waals surface area contributed by atoms with Crippen LogP contribution in [-0.4, -0.2) is 29.1 Å². The summed E-state index contributed by atoms with van der Waals surface area (Å²) in [5.41, 5.74) is 0.320. The number of hydrogen-bond acceptors (Lipinski definition) is 3. The summed E-state index contributed by atoms with van der Waals surface area (Å²) in [7, 11) is 0. The summed E-state index contributed by atoms with van der Waals surface area (Å²) < 4.78 is 0. The molecule has 2 fully saturated rings. The van der Waals surface area contributed by atoms with Crippen molar-refractivity contribution in [3.63, 3.8) is 0 Å². The van der Waals surface area contributed by atoms with Gasteiger partial charge in [-0.2, -0.15) is 0 Å². The minimum absolute atomic E-state index is 0.320. The summed E-state index contributed by atoms with van der Waals surface area (Å²) in [6, 6.07) is 3.19. The Labute approximate surface area is 87.5 Å². The smallest absolute Gasteiger partial charge is 0.335 e. The van der Waals surface area contributed by atoms with Crippen LogP contribution < -0.4 is 4.90 Å². The Morgan fingerprint density at radius 2 is 2.20 bits per heavy atom. The molecule has 15 heavy (non-hydrogen) atoms. The average Bonchev–Trinajstić information content (AvgIpc) is 2.86. The Kier molecular flexibility index (Phi) is 1.71. The van der Waals surface area contributed by atoms with Gasteiger partial charge in [-0.3, -0.25) is 0 Å². The number of fused-ring (bicyclic) bond motifs is 1. The molecule has 4 heteroatoms. The van der Waals surface area contributed by atoms with E-state index in [4.69, 9.17) is 5.11 Å². The fourth-order valence-corrected chi connectivity index (χ4v) is 2.31. The van der Waals surface area contributed by atoms with Gasteiger partial charge >= 0.3 is 5.97 Å². The summed E-state index contributed by atoms with van der Waals surface area (Å²) in [5, 5.41) is 8.87. The van der Waals surface area contributed by atoms with Gasteiger partial charge in [0.1, 0.15) is 5.82 Å². The zero-order valence-corrected chi connectivity index (χ0v) is 8.26. The van der Waals surface area contributed by atoms with Crippen molar-refractivity contribution < 1.29 is 9.90 Å². The number of anilines is 1. The quantitative estimate of drug-likeness (QED) is 0.787. The molecule has 78 valence electrons. The third-order valence-electron chi connectivity index (χ3n) is 3.30. The molecule has 1 aromatic rings. The van der Waals surface area contributed by atoms with Crippen LogP contribution in [-0.2, 0) is 0 Å². The number of rotatable bonds is 2. The second kappa shape index (κ2) is 2.95. The Hall–Kier alpha value is -1.58. The standard InChI is InChI=1S/C11H12N2O2/c14-11(15)7-1-2-12-10(4-7)13-5-8-3-9(8)6-13/h1-2,4,8-9H,3,5-6H2,(H,14,15). The molecule has 2 heterocycles. The van der Waals surface area contributed by atoms with E-state index in [1.165, 1.54) is 12.5 Å². The molecule has 0 radical (unpaired) electrons. The lowest BCUT2D eigenvalue weighted by molar-refractivity contribution is 0.0697. The molecule has 2 unspecified atom stereocenters. The lowest BCUT2D eigenvalue weighted by atomic mass is 10.2. The first-order valence-electron chi connectivity index (χ1n) is 5.18. The topological polar surface area (TPSA) is 53.4 Å². The van der Waals surface area contributed by atoms with Crippen LogP contribution in [0.3, 0.4) is 0 Å². The van der Waals surface area contributed by atoms with Gasteiger partial charge in [0, 0.05) is 19.3 Å². The highest BCUT2D eigenvalue weighted by Crippen LogP contribution is 2.45. The molecule has 1 saturated carbocycles. The van der Waals surface area contributed by atoms with Crippen LogP contribution >= 0.6 is 0 Å². The van der Waals surface area contributed by atoms with Crippen LogP contribution in [0.2, 0.25) is 0 Å². The van der Waals surface area contributed by atoms with Crippen molar-refractivity contribution >= 4 is 11.8 Å². The second-order valence-corrected chi connectivity index (χ2v) is 4.37. The Bertz CT molecular complexity index is 409. The molecule has 0 bridgehead atoms. The van der Waals surface area contributed by atoms with E-state index < -0.39 is 5.97 Å². The molecular weight excluding hydrogens is 192 g/mol. The number of piperidine rings is 1. The number of pyridine rings is 1. The number of aromatic nitrogens is 1. The zero-order valence-electron chi connectivity index (χ0n) is 8.26. The molecule has 1 aliphatic carbocycles. The Balaban J connectivity index is 1.85. The van der Waals surface area contributed by atoms with E-state index in [1.54, 1.807) is 12.3 Å². The fourth-order valence-electron chi connectivity index (χ4n) is 2.31. The van der Waals surface area contributed by atoms with Crippen molar-refractivity contribution in [3.8, 4) is 0 Å². The third kappa shape index (κ3) is 1.46. The molecule has 1 aromatic heterocycles. The third-order valence-corrected chi connectivity index (χ3v) is 3.30. The van der Waals surface area contributed by atoms with Gasteiger partial charge in [0.15, 0.2) is 0 Å². The van der Waals surface area contributed by atoms with Crippen molar-refractivity contribution in [1.82, 2.24) is 4.98 Å². The minimum Gasteiger partial charge on any atom is -0.478 e. The Morgan fingerprint density at radius 3 is 2.87 bits per heavy atom. The normalized spacial score (nSPS) is 27.6. The number of carbonyl (C=O) groups is 1. The van der Waals surface area contributed by atoms with Crippen LogP contribution in [0, 0.1) is 11.8 Å². The summed E-state index contributed by atoms with van der Waals surface area (Å²) in [6.45, 7) is 2.08. The van der Waals surface area contributed by atoms with Gasteiger partial charge in [0.25, 0.3) is 0 Å². The summed E-state index contributed by atoms with van der Waals surface area (Å²) >= 11 is 0. The van der Waals surface area contributed by atoms with Gasteiger partial charge in [0.2, 0.25) is 0 Å². The maximum atomic E-state index is 10.8. The van der Waals surface area contributed by atoms with Gasteiger partial charge in [-0.25, -0.2) is 9.78 Å². The first-order chi connectivity index (χ1) is 7.24. The molecule has 2 aliphatic rings. The summed E-state index contributed by atoms with van der Waals surface area (Å²) in [6.07, 6.45) is 2.91. The largest absolute Gasteiger partial charge is 0.478 e. The molecule has 0 aromatic carbocycles. The highest BCUT2D eigenvalue weighted by Gasteiger charge is 2.45. The van der Waals surface area contributed by atoms with E-state index in [9.17, 15) is 4.79 Å². The molecule has 2 atom stereocenters. The predicted molar refractivity (Wildman–Crippen MR) is 55.0 cm³/mol. The van der Waals surface area contributed by atoms with Crippen molar-refractivity contribution in [2.75, 3.05) is 18.0 Å². The molecule has 1 aliphatic heterocycles. The number of carboxylic acids is 1. The molecule has 4 nitrogen and oxygen atoms in total. The van der Waals surface area contributed by atoms with Gasteiger partial charge < -0.3 is 10.0 Å². The molecule has 0 amide bonds. The highest BCUT2D eigenvalue weighted by molar-refractivity contribution is 5.88. The monoisotopic (exact) mass is 204 g/mol. The lowest BCUT2D eigenvalue weighted by Crippen LogP contribution is -2.23. The lowest BCUT2D eigenvalue weighted by Gasteiger charge is -2.18. The fraction of sp³-hybridized carbons (Fsp3) is 0.455. The van der Waals surface area contributed by atoms with Gasteiger partial charge in [-0.1, -0.05) is 0 Å². The summed E-state index contributed by atoms with van der Waals surface area (Å²) in [4.78, 5) is 17.2. The van der Waals surface area contributed by atoms with Gasteiger partial charge in [-0.05, 0) is 30.4 Å². The van der Waals surface area contributed by atoms with E-state index in [2.05, 4.69) is 9.88 Å². The molecule has 0 spiro atoms. The maximum absolute atomic E-state index is 10.8. The van der Waals surface area contributed by atoms with Crippen molar-refractivity contribution in [2.45, 2.75) is 6.42 Å². The van der Waals surface area contributed by atoms with Crippen LogP contribution in [0.4, 0.5) is 5.82 Å². The second-order valence-electron chi connectivity index (χ2n) is 4.37. The number of nitrogens with zero attached hydrogens (tertiary/aromatic N) is 2. The SMILES string of the molecule is O=C(O)c1ccnc(N2CC3CC3C2)c1. The minimum atomic E-state index is -0.886. The molecule has 1 N–H and O–H groups in total. The van der Waals surface area contributed by atoms with E-state index in [0.29, 0.717) is 5.56 Å². The predicted octanol–water partition coefficient (Wildman–Crippen LogP) is 1.24. The van der Waals surface area contributed by atoms with E-state index >= 15 is 0 Å². The first-order valence-corrected chi connectivity index (χ1v) is 5.18. The van der Waals surface area contributed by atoms with E-state index in [0.717, 1.165) is 30.7 Å². The van der Waals surface area contributed by atoms with Crippen molar-refractivity contribution in [2.24, 2.45) is 11.8 Å². The first kappa shape index (κ1) is 8.71. The number of aromatic carboxylic acids is 1. The maximum Gasteiger partial charge on any atom is 0.335 e. The van der Waals surface area contributed by atoms with E-state index in [-0.39, 0.29) is 0 Å². The van der Waals surface area contributed by atoms with Gasteiger partial charge in [0.05, 0.1) is 5.56 Å². The number of carboxylic acid groups (broad SMARTS) is 1. The average molecular weight is 204 g/mol. The molecular formula is C11H12N2O2. The zero-order chi connectivity index (χ0) is 10.4. The van der Waals surface area contributed by atoms with Crippen LogP contribution in [0.5, 0.6) is 0 Å². The summed E-state index contributed by atoms with van der Waals surface area (Å²) in [5.74, 6) is 1.59. The highest BCUT2D eigenvalue weighted by atomic mass is 16.4. The molecule has 1 saturated heterocycles. The van der Waals surface area contributed by atoms with Crippen molar-refractivity contribution in [3.05, 3.63) is 23.9 Å². The van der Waals surface area contributed by atoms with Gasteiger partial charge in [-0.15, -0.1) is 0 Å². The van der Waals surface area contributed by atoms with Crippen LogP contribution in [0.25, 0.3) is 0 Å². The number of hydrogen-bond donors (Lipinski definition) is 1. The van der Waals surface area contributed by atoms with Crippen LogP contribution in [0.15, 0.2) is 18.3 Å². The van der Waals surface area contributed by atoms with Crippen LogP contribution in [0.1, 0.15) is 16.8 Å². The van der Waals surface area contributed by atoms with Crippen molar-refractivity contribution in [1.29, 1.82) is 0 Å². The Morgan fingerprint density at radius 1 is 1.47 bits per heavy atom. The molecule has 3 rings (SSSR count).